The van der Waals surface area contributed by atoms with Crippen molar-refractivity contribution in [2.24, 2.45) is 0 Å². The Labute approximate surface area is 137 Å². The highest BCUT2D eigenvalue weighted by molar-refractivity contribution is 5.53. The van der Waals surface area contributed by atoms with Crippen LogP contribution >= 0.6 is 0 Å². The average Bonchev–Trinajstić information content (AvgIpc) is 3.34. The molecule has 1 N–H and O–H groups in total. The van der Waals surface area contributed by atoms with Crippen LogP contribution in [-0.2, 0) is 6.61 Å². The summed E-state index contributed by atoms with van der Waals surface area (Å²) in [5.74, 6) is 0.681. The molecule has 4 rings (SSSR count). The Balaban J connectivity index is 1.44. The second-order valence-corrected chi connectivity index (χ2v) is 5.01. The maximum Gasteiger partial charge on any atom is 0.138 e. The lowest BCUT2D eigenvalue weighted by molar-refractivity contribution is 0.304. The minimum atomic E-state index is 0.382. The first-order valence-electron chi connectivity index (χ1n) is 7.28. The van der Waals surface area contributed by atoms with Gasteiger partial charge in [-0.1, -0.05) is 0 Å². The highest BCUT2D eigenvalue weighted by Crippen LogP contribution is 2.18. The van der Waals surface area contributed by atoms with E-state index in [4.69, 9.17) is 4.74 Å². The van der Waals surface area contributed by atoms with Crippen molar-refractivity contribution in [3.05, 3.63) is 67.0 Å². The number of ether oxygens (including phenoxy) is 1. The van der Waals surface area contributed by atoms with Crippen molar-refractivity contribution in [2.75, 3.05) is 0 Å². The van der Waals surface area contributed by atoms with Crippen molar-refractivity contribution in [1.82, 2.24) is 35.2 Å². The molecular weight excluding hydrogens is 306 g/mol. The van der Waals surface area contributed by atoms with Crippen LogP contribution in [0, 0.1) is 0 Å². The largest absolute Gasteiger partial charge is 0.487 e. The normalized spacial score (nSPS) is 10.7. The zero-order valence-electron chi connectivity index (χ0n) is 12.6. The summed E-state index contributed by atoms with van der Waals surface area (Å²) in [5.41, 5.74) is 3.38. The van der Waals surface area contributed by atoms with Gasteiger partial charge in [-0.15, -0.1) is 0 Å². The van der Waals surface area contributed by atoms with E-state index in [2.05, 4.69) is 30.4 Å². The van der Waals surface area contributed by atoms with Crippen LogP contribution in [0.4, 0.5) is 0 Å². The molecule has 0 aliphatic rings. The molecule has 0 aliphatic carbocycles. The molecule has 24 heavy (non-hydrogen) atoms. The molecule has 8 heteroatoms. The molecule has 0 saturated carbocycles. The van der Waals surface area contributed by atoms with Crippen LogP contribution in [0.15, 0.2) is 61.4 Å². The fourth-order valence-corrected chi connectivity index (χ4v) is 2.20. The van der Waals surface area contributed by atoms with Gasteiger partial charge >= 0.3 is 0 Å². The molecule has 118 valence electrons. The number of pyridine rings is 2. The Morgan fingerprint density at radius 1 is 1.00 bits per heavy atom. The lowest BCUT2D eigenvalue weighted by Gasteiger charge is -2.07. The molecule has 4 aromatic heterocycles. The van der Waals surface area contributed by atoms with E-state index in [1.165, 1.54) is 4.80 Å². The summed E-state index contributed by atoms with van der Waals surface area (Å²) in [6.07, 6.45) is 10.1. The standard InChI is InChI=1S/C16H13N7O/c1-2-15(16-3-4-19-22-16)18-10-14(1)24-11-12-7-13(9-17-8-12)23-20-5-6-21-23/h1-10H,11H2,(H,19,22). The second-order valence-electron chi connectivity index (χ2n) is 5.01. The monoisotopic (exact) mass is 319 g/mol. The smallest absolute Gasteiger partial charge is 0.138 e. The van der Waals surface area contributed by atoms with Gasteiger partial charge in [0.05, 0.1) is 36.2 Å². The van der Waals surface area contributed by atoms with Gasteiger partial charge in [0.15, 0.2) is 0 Å². The third kappa shape index (κ3) is 2.98. The molecule has 0 spiro atoms. The topological polar surface area (TPSA) is 94.4 Å². The maximum atomic E-state index is 5.76. The number of H-pyrrole nitrogens is 1. The number of hydrogen-bond acceptors (Lipinski definition) is 6. The van der Waals surface area contributed by atoms with Gasteiger partial charge in [-0.2, -0.15) is 20.1 Å². The van der Waals surface area contributed by atoms with Crippen LogP contribution in [0.2, 0.25) is 0 Å². The van der Waals surface area contributed by atoms with Crippen molar-refractivity contribution in [3.63, 3.8) is 0 Å². The Hall–Kier alpha value is -3.55. The zero-order valence-corrected chi connectivity index (χ0v) is 12.6. The number of nitrogens with one attached hydrogen (secondary N) is 1. The number of rotatable bonds is 5. The van der Waals surface area contributed by atoms with Gasteiger partial charge < -0.3 is 4.74 Å². The van der Waals surface area contributed by atoms with E-state index in [0.29, 0.717) is 12.4 Å². The quantitative estimate of drug-likeness (QED) is 0.605. The average molecular weight is 319 g/mol. The van der Waals surface area contributed by atoms with Crippen LogP contribution in [0.25, 0.3) is 17.1 Å². The minimum Gasteiger partial charge on any atom is -0.487 e. The summed E-state index contributed by atoms with van der Waals surface area (Å²) in [4.78, 5) is 10.1. The molecule has 0 amide bonds. The summed E-state index contributed by atoms with van der Waals surface area (Å²) in [6.45, 7) is 0.382. The van der Waals surface area contributed by atoms with Gasteiger partial charge in [-0.05, 0) is 24.3 Å². The fourth-order valence-electron chi connectivity index (χ4n) is 2.20. The van der Waals surface area contributed by atoms with Gasteiger partial charge in [0.25, 0.3) is 0 Å². The van der Waals surface area contributed by atoms with E-state index in [0.717, 1.165) is 22.6 Å². The van der Waals surface area contributed by atoms with Crippen LogP contribution < -0.4 is 4.74 Å². The first-order valence-corrected chi connectivity index (χ1v) is 7.28. The molecule has 0 radical (unpaired) electrons. The Bertz CT molecular complexity index is 902. The van der Waals surface area contributed by atoms with Gasteiger partial charge in [-0.25, -0.2) is 0 Å². The maximum absolute atomic E-state index is 5.76. The Kier molecular flexibility index (Phi) is 3.69. The number of nitrogens with zero attached hydrogens (tertiary/aromatic N) is 6. The van der Waals surface area contributed by atoms with Crippen molar-refractivity contribution in [2.45, 2.75) is 6.61 Å². The fraction of sp³-hybridized carbons (Fsp3) is 0.0625. The molecule has 4 aromatic rings. The van der Waals surface area contributed by atoms with Crippen LogP contribution in [0.5, 0.6) is 5.75 Å². The van der Waals surface area contributed by atoms with Crippen molar-refractivity contribution in [3.8, 4) is 22.8 Å². The summed E-state index contributed by atoms with van der Waals surface area (Å²) in [6, 6.07) is 7.55. The summed E-state index contributed by atoms with van der Waals surface area (Å²) < 4.78 is 5.76. The van der Waals surface area contributed by atoms with Crippen molar-refractivity contribution >= 4 is 0 Å². The van der Waals surface area contributed by atoms with E-state index in [1.807, 2.05) is 24.3 Å². The van der Waals surface area contributed by atoms with Gasteiger partial charge in [-0.3, -0.25) is 15.1 Å². The SMILES string of the molecule is c1cc(-c2ccc(OCc3cncc(-n4nccn4)c3)cn2)[nH]n1. The third-order valence-electron chi connectivity index (χ3n) is 3.35. The molecule has 0 unspecified atom stereocenters. The summed E-state index contributed by atoms with van der Waals surface area (Å²) >= 11 is 0. The molecule has 8 nitrogen and oxygen atoms in total. The molecule has 0 fully saturated rings. The van der Waals surface area contributed by atoms with E-state index in [9.17, 15) is 0 Å². The first-order chi connectivity index (χ1) is 11.9. The van der Waals surface area contributed by atoms with E-state index in [-0.39, 0.29) is 0 Å². The number of hydrogen-bond donors (Lipinski definition) is 1. The lowest BCUT2D eigenvalue weighted by Crippen LogP contribution is -2.02. The van der Waals surface area contributed by atoms with Gasteiger partial charge in [0, 0.05) is 18.0 Å². The van der Waals surface area contributed by atoms with Gasteiger partial charge in [0.1, 0.15) is 18.0 Å². The van der Waals surface area contributed by atoms with Gasteiger partial charge in [0.2, 0.25) is 0 Å². The van der Waals surface area contributed by atoms with Crippen LogP contribution in [-0.4, -0.2) is 35.2 Å². The highest BCUT2D eigenvalue weighted by atomic mass is 16.5. The molecule has 0 atom stereocenters. The second kappa shape index (κ2) is 6.29. The predicted molar refractivity (Wildman–Crippen MR) is 85.3 cm³/mol. The summed E-state index contributed by atoms with van der Waals surface area (Å²) in [5, 5.41) is 15.0. The molecule has 0 aromatic carbocycles. The van der Waals surface area contributed by atoms with Crippen LogP contribution in [0.1, 0.15) is 5.56 Å². The Morgan fingerprint density at radius 2 is 1.92 bits per heavy atom. The third-order valence-corrected chi connectivity index (χ3v) is 3.35. The minimum absolute atomic E-state index is 0.382. The summed E-state index contributed by atoms with van der Waals surface area (Å²) in [7, 11) is 0. The number of aromatic nitrogens is 7. The Morgan fingerprint density at radius 3 is 2.67 bits per heavy atom. The van der Waals surface area contributed by atoms with Crippen molar-refractivity contribution in [1.29, 1.82) is 0 Å². The molecule has 0 saturated heterocycles. The molecule has 4 heterocycles. The zero-order chi connectivity index (χ0) is 16.2. The highest BCUT2D eigenvalue weighted by Gasteiger charge is 2.04. The van der Waals surface area contributed by atoms with Crippen LogP contribution in [0.3, 0.4) is 0 Å². The number of aromatic amines is 1. The lowest BCUT2D eigenvalue weighted by atomic mass is 10.2. The van der Waals surface area contributed by atoms with Crippen molar-refractivity contribution < 1.29 is 4.74 Å². The first kappa shape index (κ1) is 14.1. The molecule has 0 aliphatic heterocycles. The van der Waals surface area contributed by atoms with E-state index in [1.54, 1.807) is 37.2 Å². The van der Waals surface area contributed by atoms with E-state index < -0.39 is 0 Å². The predicted octanol–water partition coefficient (Wildman–Crippen LogP) is 2.03. The van der Waals surface area contributed by atoms with E-state index >= 15 is 0 Å². The molecule has 0 bridgehead atoms. The molecular formula is C16H13N7O.